The zero-order valence-electron chi connectivity index (χ0n) is 12.2. The summed E-state index contributed by atoms with van der Waals surface area (Å²) in [6.45, 7) is 6.30. The first-order chi connectivity index (χ1) is 9.51. The summed E-state index contributed by atoms with van der Waals surface area (Å²) in [5.41, 5.74) is 8.89. The minimum absolute atomic E-state index is 0.0276. The predicted octanol–water partition coefficient (Wildman–Crippen LogP) is 3.50. The molecule has 0 aliphatic rings. The van der Waals surface area contributed by atoms with Crippen molar-refractivity contribution in [1.29, 1.82) is 0 Å². The van der Waals surface area contributed by atoms with Crippen molar-refractivity contribution in [2.45, 2.75) is 33.2 Å². The van der Waals surface area contributed by atoms with Crippen molar-refractivity contribution >= 4 is 0 Å². The monoisotopic (exact) mass is 272 g/mol. The fraction of sp³-hybridized carbons (Fsp3) is 0.294. The number of nitrogens with two attached hydrogens (primary N) is 1. The highest BCUT2D eigenvalue weighted by Gasteiger charge is 2.14. The Bertz CT molecular complexity index is 591. The quantitative estimate of drug-likeness (QED) is 0.660. The second-order valence-corrected chi connectivity index (χ2v) is 5.34. The van der Waals surface area contributed by atoms with Crippen LogP contribution in [-0.4, -0.2) is 0 Å². The number of halogens is 1. The zero-order chi connectivity index (χ0) is 14.7. The van der Waals surface area contributed by atoms with Crippen LogP contribution in [0, 0.1) is 26.6 Å². The molecule has 3 heteroatoms. The van der Waals surface area contributed by atoms with Crippen LogP contribution in [0.5, 0.6) is 0 Å². The van der Waals surface area contributed by atoms with Crippen LogP contribution in [0.25, 0.3) is 0 Å². The number of rotatable bonds is 4. The molecule has 0 aromatic heterocycles. The van der Waals surface area contributed by atoms with Crippen LogP contribution in [0.1, 0.15) is 33.9 Å². The Hall–Kier alpha value is -1.71. The lowest BCUT2D eigenvalue weighted by Gasteiger charge is -2.20. The van der Waals surface area contributed by atoms with Gasteiger partial charge in [-0.05, 0) is 67.1 Å². The van der Waals surface area contributed by atoms with E-state index in [2.05, 4.69) is 38.3 Å². The van der Waals surface area contributed by atoms with E-state index in [1.165, 1.54) is 34.4 Å². The van der Waals surface area contributed by atoms with Gasteiger partial charge in [-0.25, -0.2) is 4.39 Å². The molecule has 1 unspecified atom stereocenters. The first-order valence-electron chi connectivity index (χ1n) is 6.79. The molecular formula is C17H21FN2. The molecule has 0 saturated heterocycles. The van der Waals surface area contributed by atoms with E-state index in [4.69, 9.17) is 5.84 Å². The van der Waals surface area contributed by atoms with Crippen LogP contribution in [0.3, 0.4) is 0 Å². The smallest absolute Gasteiger partial charge is 0.123 e. The van der Waals surface area contributed by atoms with Gasteiger partial charge in [-0.2, -0.15) is 0 Å². The number of benzene rings is 2. The molecule has 2 aromatic rings. The van der Waals surface area contributed by atoms with Gasteiger partial charge in [0.15, 0.2) is 0 Å². The van der Waals surface area contributed by atoms with Crippen molar-refractivity contribution in [3.8, 4) is 0 Å². The first kappa shape index (κ1) is 14.7. The summed E-state index contributed by atoms with van der Waals surface area (Å²) in [5.74, 6) is 5.50. The van der Waals surface area contributed by atoms with Gasteiger partial charge < -0.3 is 0 Å². The first-order valence-corrected chi connectivity index (χ1v) is 6.79. The number of nitrogens with one attached hydrogen (secondary N) is 1. The average molecular weight is 272 g/mol. The Kier molecular flexibility index (Phi) is 4.53. The largest absolute Gasteiger partial charge is 0.271 e. The van der Waals surface area contributed by atoms with Crippen molar-refractivity contribution < 1.29 is 4.39 Å². The van der Waals surface area contributed by atoms with Gasteiger partial charge in [0.05, 0.1) is 6.04 Å². The van der Waals surface area contributed by atoms with Crippen molar-refractivity contribution in [3.05, 3.63) is 70.0 Å². The molecule has 2 nitrogen and oxygen atoms in total. The summed E-state index contributed by atoms with van der Waals surface area (Å²) in [6, 6.07) is 11.0. The number of aryl methyl sites for hydroxylation is 3. The molecule has 0 saturated carbocycles. The third kappa shape index (κ3) is 3.24. The molecule has 0 aliphatic heterocycles. The van der Waals surface area contributed by atoms with Crippen LogP contribution in [0.2, 0.25) is 0 Å². The molecule has 3 N–H and O–H groups in total. The maximum atomic E-state index is 13.0. The molecule has 0 bridgehead atoms. The van der Waals surface area contributed by atoms with E-state index in [-0.39, 0.29) is 11.9 Å². The summed E-state index contributed by atoms with van der Waals surface area (Å²) in [5, 5.41) is 0. The molecule has 0 spiro atoms. The fourth-order valence-corrected chi connectivity index (χ4v) is 2.47. The SMILES string of the molecule is Cc1cc(C)c(C(Cc2ccc(F)cc2)NN)cc1C. The van der Waals surface area contributed by atoms with Crippen molar-refractivity contribution in [3.63, 3.8) is 0 Å². The second-order valence-electron chi connectivity index (χ2n) is 5.34. The van der Waals surface area contributed by atoms with E-state index in [0.717, 1.165) is 12.0 Å². The van der Waals surface area contributed by atoms with Crippen LogP contribution in [0.4, 0.5) is 4.39 Å². The molecule has 2 rings (SSSR count). The third-order valence-electron chi connectivity index (χ3n) is 3.81. The Morgan fingerprint density at radius 2 is 1.60 bits per heavy atom. The van der Waals surface area contributed by atoms with Crippen molar-refractivity contribution in [1.82, 2.24) is 5.43 Å². The van der Waals surface area contributed by atoms with Crippen LogP contribution >= 0.6 is 0 Å². The van der Waals surface area contributed by atoms with E-state index in [1.54, 1.807) is 12.1 Å². The predicted molar refractivity (Wildman–Crippen MR) is 80.8 cm³/mol. The highest BCUT2D eigenvalue weighted by molar-refractivity contribution is 5.39. The Morgan fingerprint density at radius 3 is 2.20 bits per heavy atom. The van der Waals surface area contributed by atoms with E-state index in [9.17, 15) is 4.39 Å². The highest BCUT2D eigenvalue weighted by Crippen LogP contribution is 2.24. The van der Waals surface area contributed by atoms with Crippen LogP contribution < -0.4 is 11.3 Å². The highest BCUT2D eigenvalue weighted by atomic mass is 19.1. The molecule has 0 aliphatic carbocycles. The lowest BCUT2D eigenvalue weighted by Crippen LogP contribution is -2.30. The molecule has 0 heterocycles. The summed E-state index contributed by atoms with van der Waals surface area (Å²) in [7, 11) is 0. The number of hydrogen-bond acceptors (Lipinski definition) is 2. The maximum absolute atomic E-state index is 13.0. The topological polar surface area (TPSA) is 38.0 Å². The fourth-order valence-electron chi connectivity index (χ4n) is 2.47. The molecule has 0 radical (unpaired) electrons. The number of hydrazine groups is 1. The Balaban J connectivity index is 2.28. The van der Waals surface area contributed by atoms with Gasteiger partial charge >= 0.3 is 0 Å². The van der Waals surface area contributed by atoms with E-state index >= 15 is 0 Å². The molecule has 0 amide bonds. The molecule has 1 atom stereocenters. The normalized spacial score (nSPS) is 12.4. The van der Waals surface area contributed by atoms with Crippen LogP contribution in [-0.2, 0) is 6.42 Å². The van der Waals surface area contributed by atoms with Crippen LogP contribution in [0.15, 0.2) is 36.4 Å². The molecule has 0 fully saturated rings. The molecular weight excluding hydrogens is 251 g/mol. The summed E-state index contributed by atoms with van der Waals surface area (Å²) in [6.07, 6.45) is 0.736. The summed E-state index contributed by atoms with van der Waals surface area (Å²) in [4.78, 5) is 0. The summed E-state index contributed by atoms with van der Waals surface area (Å²) >= 11 is 0. The van der Waals surface area contributed by atoms with E-state index < -0.39 is 0 Å². The standard InChI is InChI=1S/C17H21FN2/c1-11-8-13(3)16(9-12(11)2)17(20-19)10-14-4-6-15(18)7-5-14/h4-9,17,20H,10,19H2,1-3H3. The summed E-state index contributed by atoms with van der Waals surface area (Å²) < 4.78 is 13.0. The molecule has 2 aromatic carbocycles. The molecule has 106 valence electrons. The second kappa shape index (κ2) is 6.16. The van der Waals surface area contributed by atoms with E-state index in [0.29, 0.717) is 0 Å². The molecule has 20 heavy (non-hydrogen) atoms. The minimum Gasteiger partial charge on any atom is -0.271 e. The van der Waals surface area contributed by atoms with Gasteiger partial charge in [0.2, 0.25) is 0 Å². The third-order valence-corrected chi connectivity index (χ3v) is 3.81. The maximum Gasteiger partial charge on any atom is 0.123 e. The van der Waals surface area contributed by atoms with Gasteiger partial charge in [-0.15, -0.1) is 0 Å². The van der Waals surface area contributed by atoms with Gasteiger partial charge in [0.25, 0.3) is 0 Å². The van der Waals surface area contributed by atoms with Crippen molar-refractivity contribution in [2.75, 3.05) is 0 Å². The van der Waals surface area contributed by atoms with Crippen molar-refractivity contribution in [2.24, 2.45) is 5.84 Å². The zero-order valence-corrected chi connectivity index (χ0v) is 12.2. The lowest BCUT2D eigenvalue weighted by atomic mass is 9.92. The van der Waals surface area contributed by atoms with Gasteiger partial charge in [-0.1, -0.05) is 24.3 Å². The van der Waals surface area contributed by atoms with Gasteiger partial charge in [0.1, 0.15) is 5.82 Å². The Labute approximate surface area is 119 Å². The van der Waals surface area contributed by atoms with Gasteiger partial charge in [0, 0.05) is 0 Å². The van der Waals surface area contributed by atoms with E-state index in [1.807, 2.05) is 0 Å². The van der Waals surface area contributed by atoms with Gasteiger partial charge in [-0.3, -0.25) is 11.3 Å². The minimum atomic E-state index is -0.214. The average Bonchev–Trinajstić information content (AvgIpc) is 2.43. The number of hydrogen-bond donors (Lipinski definition) is 2. The Morgan fingerprint density at radius 1 is 1.00 bits per heavy atom. The lowest BCUT2D eigenvalue weighted by molar-refractivity contribution is 0.548.